The molecule has 0 fully saturated rings. The van der Waals surface area contributed by atoms with Gasteiger partial charge in [0.05, 0.1) is 17.9 Å². The van der Waals surface area contributed by atoms with Gasteiger partial charge in [-0.3, -0.25) is 20.9 Å². The van der Waals surface area contributed by atoms with Crippen LogP contribution in [0, 0.1) is 5.82 Å². The van der Waals surface area contributed by atoms with Crippen LogP contribution in [-0.4, -0.2) is 14.8 Å². The van der Waals surface area contributed by atoms with E-state index in [1.807, 2.05) is 17.8 Å². The van der Waals surface area contributed by atoms with Crippen LogP contribution in [0.5, 0.6) is 0 Å². The maximum Gasteiger partial charge on any atom is 0.146 e. The van der Waals surface area contributed by atoms with Crippen LogP contribution >= 0.6 is 0 Å². The van der Waals surface area contributed by atoms with Crippen LogP contribution in [-0.2, 0) is 13.0 Å². The number of aromatic nitrogens is 3. The second kappa shape index (κ2) is 5.70. The summed E-state index contributed by atoms with van der Waals surface area (Å²) < 4.78 is 15.4. The molecule has 1 atom stereocenters. The van der Waals surface area contributed by atoms with Crippen molar-refractivity contribution in [3.63, 3.8) is 0 Å². The molecule has 2 heterocycles. The molecule has 0 saturated heterocycles. The van der Waals surface area contributed by atoms with Crippen molar-refractivity contribution in [2.45, 2.75) is 25.9 Å². The summed E-state index contributed by atoms with van der Waals surface area (Å²) in [4.78, 5) is 4.03. The van der Waals surface area contributed by atoms with Crippen molar-refractivity contribution < 1.29 is 4.39 Å². The van der Waals surface area contributed by atoms with Crippen molar-refractivity contribution in [1.82, 2.24) is 20.2 Å². The molecule has 0 amide bonds. The Morgan fingerprint density at radius 1 is 1.56 bits per heavy atom. The van der Waals surface area contributed by atoms with Crippen LogP contribution in [0.1, 0.15) is 24.2 Å². The summed E-state index contributed by atoms with van der Waals surface area (Å²) in [6, 6.07) is 2.57. The van der Waals surface area contributed by atoms with Crippen molar-refractivity contribution in [3.05, 3.63) is 47.8 Å². The molecule has 0 aliphatic carbocycles. The van der Waals surface area contributed by atoms with E-state index in [0.29, 0.717) is 12.1 Å². The molecule has 0 radical (unpaired) electrons. The van der Waals surface area contributed by atoms with E-state index in [-0.39, 0.29) is 11.9 Å². The molecule has 6 heteroatoms. The van der Waals surface area contributed by atoms with Crippen molar-refractivity contribution in [2.24, 2.45) is 5.84 Å². The lowest BCUT2D eigenvalue weighted by Gasteiger charge is -2.14. The fourth-order valence-electron chi connectivity index (χ4n) is 1.81. The lowest BCUT2D eigenvalue weighted by atomic mass is 10.1. The Morgan fingerprint density at radius 3 is 3.00 bits per heavy atom. The number of nitrogens with zero attached hydrogens (tertiary/aromatic N) is 3. The molecule has 2 aromatic rings. The zero-order valence-corrected chi connectivity index (χ0v) is 10.2. The predicted octanol–water partition coefficient (Wildman–Crippen LogP) is 1.18. The summed E-state index contributed by atoms with van der Waals surface area (Å²) in [5.41, 5.74) is 3.91. The van der Waals surface area contributed by atoms with Crippen molar-refractivity contribution in [2.75, 3.05) is 0 Å². The normalized spacial score (nSPS) is 12.6. The summed E-state index contributed by atoms with van der Waals surface area (Å²) in [7, 11) is 0. The second-order valence-electron chi connectivity index (χ2n) is 4.00. The number of pyridine rings is 1. The van der Waals surface area contributed by atoms with Gasteiger partial charge in [-0.05, 0) is 31.0 Å². The summed E-state index contributed by atoms with van der Waals surface area (Å²) in [5, 5.41) is 4.17. The highest BCUT2D eigenvalue weighted by Crippen LogP contribution is 2.18. The van der Waals surface area contributed by atoms with Crippen molar-refractivity contribution in [3.8, 4) is 0 Å². The molecule has 1 unspecified atom stereocenters. The van der Waals surface area contributed by atoms with E-state index in [1.165, 1.54) is 6.07 Å². The summed E-state index contributed by atoms with van der Waals surface area (Å²) in [5.74, 6) is 5.12. The quantitative estimate of drug-likeness (QED) is 0.617. The van der Waals surface area contributed by atoms with E-state index in [0.717, 1.165) is 12.1 Å². The van der Waals surface area contributed by atoms with Crippen LogP contribution in [0.25, 0.3) is 0 Å². The molecule has 2 aromatic heterocycles. The fourth-order valence-corrected chi connectivity index (χ4v) is 1.81. The first-order chi connectivity index (χ1) is 8.74. The number of hydrazine groups is 1. The van der Waals surface area contributed by atoms with Gasteiger partial charge >= 0.3 is 0 Å². The van der Waals surface area contributed by atoms with Gasteiger partial charge in [0.1, 0.15) is 5.82 Å². The minimum absolute atomic E-state index is 0.323. The van der Waals surface area contributed by atoms with Crippen molar-refractivity contribution >= 4 is 0 Å². The Labute approximate surface area is 105 Å². The first-order valence-corrected chi connectivity index (χ1v) is 5.82. The molecule has 0 aromatic carbocycles. The van der Waals surface area contributed by atoms with Crippen LogP contribution in [0.2, 0.25) is 0 Å². The molecular weight excluding hydrogens is 233 g/mol. The van der Waals surface area contributed by atoms with E-state index in [4.69, 9.17) is 5.84 Å². The number of nitrogens with two attached hydrogens (primary N) is 1. The van der Waals surface area contributed by atoms with Gasteiger partial charge in [-0.2, -0.15) is 5.10 Å². The Morgan fingerprint density at radius 2 is 2.39 bits per heavy atom. The van der Waals surface area contributed by atoms with E-state index < -0.39 is 0 Å². The number of nitrogens with one attached hydrogen (secondary N) is 1. The number of hydrogen-bond acceptors (Lipinski definition) is 4. The Balaban J connectivity index is 2.17. The molecule has 0 bridgehead atoms. The van der Waals surface area contributed by atoms with Crippen LogP contribution < -0.4 is 11.3 Å². The largest absolute Gasteiger partial charge is 0.273 e. The zero-order valence-electron chi connectivity index (χ0n) is 10.2. The van der Waals surface area contributed by atoms with Gasteiger partial charge < -0.3 is 0 Å². The smallest absolute Gasteiger partial charge is 0.146 e. The third-order valence-corrected chi connectivity index (χ3v) is 2.77. The topological polar surface area (TPSA) is 68.8 Å². The summed E-state index contributed by atoms with van der Waals surface area (Å²) >= 11 is 0. The minimum Gasteiger partial charge on any atom is -0.273 e. The standard InChI is InChI=1S/C12H16FN5/c1-2-18-8-9(7-16-18)6-11(17-14)12-10(13)4-3-5-15-12/h3-5,7-8,11,17H,2,6,14H2,1H3. The lowest BCUT2D eigenvalue weighted by Crippen LogP contribution is -2.30. The van der Waals surface area contributed by atoms with Crippen LogP contribution in [0.3, 0.4) is 0 Å². The van der Waals surface area contributed by atoms with E-state index in [1.54, 1.807) is 18.5 Å². The molecule has 0 spiro atoms. The lowest BCUT2D eigenvalue weighted by molar-refractivity contribution is 0.494. The third kappa shape index (κ3) is 2.72. The average molecular weight is 249 g/mol. The Hall–Kier alpha value is -1.79. The molecule has 0 saturated carbocycles. The minimum atomic E-state index is -0.360. The molecule has 18 heavy (non-hydrogen) atoms. The van der Waals surface area contributed by atoms with E-state index in [2.05, 4.69) is 15.5 Å². The molecule has 2 rings (SSSR count). The first-order valence-electron chi connectivity index (χ1n) is 5.82. The van der Waals surface area contributed by atoms with Gasteiger partial charge in [0, 0.05) is 18.9 Å². The molecule has 3 N–H and O–H groups in total. The molecule has 0 aliphatic heterocycles. The molecule has 0 aliphatic rings. The van der Waals surface area contributed by atoms with E-state index in [9.17, 15) is 4.39 Å². The molecule has 96 valence electrons. The van der Waals surface area contributed by atoms with E-state index >= 15 is 0 Å². The highest BCUT2D eigenvalue weighted by atomic mass is 19.1. The maximum atomic E-state index is 13.6. The average Bonchev–Trinajstić information content (AvgIpc) is 2.85. The van der Waals surface area contributed by atoms with Gasteiger partial charge in [-0.1, -0.05) is 0 Å². The zero-order chi connectivity index (χ0) is 13.0. The number of rotatable bonds is 5. The summed E-state index contributed by atoms with van der Waals surface area (Å²) in [6.45, 7) is 2.81. The number of hydrogen-bond donors (Lipinski definition) is 2. The number of halogens is 1. The Bertz CT molecular complexity index is 511. The highest BCUT2D eigenvalue weighted by Gasteiger charge is 2.16. The molecule has 5 nitrogen and oxygen atoms in total. The summed E-state index contributed by atoms with van der Waals surface area (Å²) in [6.07, 6.45) is 5.78. The van der Waals surface area contributed by atoms with Crippen LogP contribution in [0.4, 0.5) is 4.39 Å². The van der Waals surface area contributed by atoms with Gasteiger partial charge in [0.25, 0.3) is 0 Å². The number of aryl methyl sites for hydroxylation is 1. The van der Waals surface area contributed by atoms with Gasteiger partial charge in [-0.15, -0.1) is 0 Å². The first kappa shape index (κ1) is 12.7. The fraction of sp³-hybridized carbons (Fsp3) is 0.333. The van der Waals surface area contributed by atoms with Gasteiger partial charge in [0.15, 0.2) is 0 Å². The highest BCUT2D eigenvalue weighted by molar-refractivity contribution is 5.16. The van der Waals surface area contributed by atoms with Gasteiger partial charge in [0.2, 0.25) is 0 Å². The van der Waals surface area contributed by atoms with Gasteiger partial charge in [-0.25, -0.2) is 4.39 Å². The molecular formula is C12H16FN5. The van der Waals surface area contributed by atoms with Crippen LogP contribution in [0.15, 0.2) is 30.7 Å². The maximum absolute atomic E-state index is 13.6. The third-order valence-electron chi connectivity index (χ3n) is 2.77. The monoisotopic (exact) mass is 249 g/mol. The Kier molecular flexibility index (Phi) is 4.01. The predicted molar refractivity (Wildman–Crippen MR) is 65.9 cm³/mol. The SMILES string of the molecule is CCn1cc(CC(NN)c2ncccc2F)cn1. The van der Waals surface area contributed by atoms with Crippen molar-refractivity contribution in [1.29, 1.82) is 0 Å². The second-order valence-corrected chi connectivity index (χ2v) is 4.00.